The van der Waals surface area contributed by atoms with Gasteiger partial charge in [-0.1, -0.05) is 6.07 Å². The fraction of sp³-hybridized carbons (Fsp3) is 0.231. The number of carboxylic acids is 1. The van der Waals surface area contributed by atoms with E-state index in [0.717, 1.165) is 0 Å². The molecule has 2 rings (SSSR count). The number of hydrogen-bond acceptors (Lipinski definition) is 5. The third kappa shape index (κ3) is 3.77. The highest BCUT2D eigenvalue weighted by Crippen LogP contribution is 2.13. The third-order valence-corrected chi connectivity index (χ3v) is 3.45. The van der Waals surface area contributed by atoms with Gasteiger partial charge >= 0.3 is 5.97 Å². The predicted molar refractivity (Wildman–Crippen MR) is 70.2 cm³/mol. The van der Waals surface area contributed by atoms with Crippen molar-refractivity contribution in [2.45, 2.75) is 19.0 Å². The van der Waals surface area contributed by atoms with Crippen LogP contribution >= 0.6 is 11.3 Å². The molecule has 1 unspecified atom stereocenters. The van der Waals surface area contributed by atoms with E-state index >= 15 is 0 Å². The van der Waals surface area contributed by atoms with Crippen LogP contribution in [0.25, 0.3) is 0 Å². The maximum absolute atomic E-state index is 12.2. The maximum atomic E-state index is 12.2. The molecule has 2 N–H and O–H groups in total. The Labute approximate surface area is 113 Å². The zero-order valence-electron chi connectivity index (χ0n) is 10.0. The van der Waals surface area contributed by atoms with E-state index in [9.17, 15) is 9.59 Å². The molecule has 2 heterocycles. The van der Waals surface area contributed by atoms with Gasteiger partial charge in [0, 0.05) is 0 Å². The lowest BCUT2D eigenvalue weighted by atomic mass is 10.1. The minimum absolute atomic E-state index is 0.205. The van der Waals surface area contributed by atoms with Crippen molar-refractivity contribution in [2.75, 3.05) is 0 Å². The van der Waals surface area contributed by atoms with Gasteiger partial charge in [-0.25, -0.2) is 0 Å². The first kappa shape index (κ1) is 13.5. The minimum Gasteiger partial charge on any atom is -0.481 e. The van der Waals surface area contributed by atoms with Crippen LogP contribution in [0.4, 0.5) is 0 Å². The summed E-state index contributed by atoms with van der Waals surface area (Å²) in [5, 5.41) is 13.6. The Bertz CT molecular complexity index is 533. The number of furan rings is 1. The molecule has 2 aromatic heterocycles. The topological polar surface area (TPSA) is 79.5 Å². The van der Waals surface area contributed by atoms with E-state index in [-0.39, 0.29) is 12.2 Å². The van der Waals surface area contributed by atoms with Gasteiger partial charge in [0.15, 0.2) is 5.78 Å². The number of carbonyl (C=O) groups is 2. The van der Waals surface area contributed by atoms with Crippen molar-refractivity contribution in [1.29, 1.82) is 0 Å². The number of nitrogens with one attached hydrogen (secondary N) is 1. The zero-order chi connectivity index (χ0) is 13.7. The van der Waals surface area contributed by atoms with Gasteiger partial charge in [0.25, 0.3) is 0 Å². The lowest BCUT2D eigenvalue weighted by Crippen LogP contribution is -2.37. The molecule has 0 saturated heterocycles. The summed E-state index contributed by atoms with van der Waals surface area (Å²) in [5.74, 6) is -0.555. The van der Waals surface area contributed by atoms with E-state index in [1.165, 1.54) is 17.6 Å². The van der Waals surface area contributed by atoms with E-state index in [1.807, 2.05) is 0 Å². The Balaban J connectivity index is 2.03. The van der Waals surface area contributed by atoms with Gasteiger partial charge in [0.2, 0.25) is 0 Å². The van der Waals surface area contributed by atoms with Gasteiger partial charge < -0.3 is 9.52 Å². The summed E-state index contributed by atoms with van der Waals surface area (Å²) in [7, 11) is 0. The van der Waals surface area contributed by atoms with Crippen molar-refractivity contribution >= 4 is 23.1 Å². The highest BCUT2D eigenvalue weighted by Gasteiger charge is 2.23. The van der Waals surface area contributed by atoms with Crippen LogP contribution in [0.5, 0.6) is 0 Å². The van der Waals surface area contributed by atoms with E-state index in [1.54, 1.807) is 29.6 Å². The van der Waals surface area contributed by atoms with Crippen LogP contribution in [0.15, 0.2) is 40.3 Å². The quantitative estimate of drug-likeness (QED) is 0.759. The molecule has 0 saturated carbocycles. The molecule has 0 radical (unpaired) electrons. The summed E-state index contributed by atoms with van der Waals surface area (Å²) >= 11 is 1.30. The molecule has 6 heteroatoms. The first-order valence-electron chi connectivity index (χ1n) is 5.72. The fourth-order valence-electron chi connectivity index (χ4n) is 1.66. The highest BCUT2D eigenvalue weighted by atomic mass is 32.1. The molecule has 0 bridgehead atoms. The van der Waals surface area contributed by atoms with E-state index in [0.29, 0.717) is 17.2 Å². The Morgan fingerprint density at radius 1 is 1.37 bits per heavy atom. The minimum atomic E-state index is -1.01. The molecule has 0 aliphatic heterocycles. The molecule has 2 aromatic rings. The SMILES string of the molecule is O=C(O)CC(NCc1ccco1)C(=O)c1cccs1. The highest BCUT2D eigenvalue weighted by molar-refractivity contribution is 7.12. The number of aliphatic carboxylic acids is 1. The van der Waals surface area contributed by atoms with Crippen LogP contribution in [-0.4, -0.2) is 22.9 Å². The van der Waals surface area contributed by atoms with Gasteiger partial charge in [-0.15, -0.1) is 11.3 Å². The number of hydrogen-bond donors (Lipinski definition) is 2. The van der Waals surface area contributed by atoms with Crippen LogP contribution in [0.2, 0.25) is 0 Å². The van der Waals surface area contributed by atoms with Gasteiger partial charge in [0.1, 0.15) is 5.76 Å². The number of ketones is 1. The lowest BCUT2D eigenvalue weighted by Gasteiger charge is -2.14. The summed E-state index contributed by atoms with van der Waals surface area (Å²) in [5.41, 5.74) is 0. The van der Waals surface area contributed by atoms with Crippen molar-refractivity contribution in [3.8, 4) is 0 Å². The van der Waals surface area contributed by atoms with Gasteiger partial charge in [-0.2, -0.15) is 0 Å². The van der Waals surface area contributed by atoms with Crippen molar-refractivity contribution < 1.29 is 19.1 Å². The van der Waals surface area contributed by atoms with E-state index in [2.05, 4.69) is 5.32 Å². The fourth-order valence-corrected chi connectivity index (χ4v) is 2.38. The van der Waals surface area contributed by atoms with Crippen LogP contribution in [0.1, 0.15) is 21.9 Å². The Morgan fingerprint density at radius 2 is 2.21 bits per heavy atom. The summed E-state index contributed by atoms with van der Waals surface area (Å²) in [6.45, 7) is 0.321. The summed E-state index contributed by atoms with van der Waals surface area (Å²) in [6, 6.07) is 6.21. The molecule has 0 aliphatic rings. The lowest BCUT2D eigenvalue weighted by molar-refractivity contribution is -0.137. The van der Waals surface area contributed by atoms with E-state index < -0.39 is 12.0 Å². The van der Waals surface area contributed by atoms with Crippen LogP contribution in [0, 0.1) is 0 Å². The molecule has 1 atom stereocenters. The molecule has 0 fully saturated rings. The van der Waals surface area contributed by atoms with Crippen LogP contribution in [0.3, 0.4) is 0 Å². The molecule has 0 aromatic carbocycles. The number of rotatable bonds is 7. The van der Waals surface area contributed by atoms with Gasteiger partial charge in [-0.3, -0.25) is 14.9 Å². The van der Waals surface area contributed by atoms with E-state index in [4.69, 9.17) is 9.52 Å². The Kier molecular flexibility index (Phi) is 4.48. The van der Waals surface area contributed by atoms with Crippen molar-refractivity contribution in [1.82, 2.24) is 5.32 Å². The molecule has 0 aliphatic carbocycles. The Morgan fingerprint density at radius 3 is 2.79 bits per heavy atom. The maximum Gasteiger partial charge on any atom is 0.305 e. The summed E-state index contributed by atoms with van der Waals surface area (Å²) < 4.78 is 5.14. The Hall–Kier alpha value is -1.92. The first-order valence-corrected chi connectivity index (χ1v) is 6.60. The molecule has 19 heavy (non-hydrogen) atoms. The van der Waals surface area contributed by atoms with Gasteiger partial charge in [0.05, 0.1) is 30.1 Å². The molecule has 0 amide bonds. The standard InChI is InChI=1S/C13H13NO4S/c15-12(16)7-10(13(17)11-4-2-6-19-11)14-8-9-3-1-5-18-9/h1-6,10,14H,7-8H2,(H,15,16). The van der Waals surface area contributed by atoms with Crippen molar-refractivity contribution in [2.24, 2.45) is 0 Å². The molecule has 5 nitrogen and oxygen atoms in total. The number of Topliss-reactive ketones (excluding diaryl/α,β-unsaturated/α-hetero) is 1. The second kappa shape index (κ2) is 6.31. The summed E-state index contributed by atoms with van der Waals surface area (Å²) in [4.78, 5) is 23.5. The second-order valence-electron chi connectivity index (χ2n) is 3.95. The summed E-state index contributed by atoms with van der Waals surface area (Å²) in [6.07, 6.45) is 1.28. The van der Waals surface area contributed by atoms with Crippen LogP contribution < -0.4 is 5.32 Å². The average molecular weight is 279 g/mol. The molecular weight excluding hydrogens is 266 g/mol. The second-order valence-corrected chi connectivity index (χ2v) is 4.90. The van der Waals surface area contributed by atoms with Crippen molar-refractivity contribution in [3.05, 3.63) is 46.5 Å². The number of carbonyl (C=O) groups excluding carboxylic acids is 1. The zero-order valence-corrected chi connectivity index (χ0v) is 10.9. The largest absolute Gasteiger partial charge is 0.481 e. The normalized spacial score (nSPS) is 12.2. The third-order valence-electron chi connectivity index (χ3n) is 2.56. The van der Waals surface area contributed by atoms with Crippen LogP contribution in [-0.2, 0) is 11.3 Å². The molecule has 100 valence electrons. The van der Waals surface area contributed by atoms with Crippen molar-refractivity contribution in [3.63, 3.8) is 0 Å². The number of thiophene rings is 1. The number of carboxylic acid groups (broad SMARTS) is 1. The monoisotopic (exact) mass is 279 g/mol. The average Bonchev–Trinajstić information content (AvgIpc) is 3.05. The van der Waals surface area contributed by atoms with Gasteiger partial charge in [-0.05, 0) is 23.6 Å². The molecule has 0 spiro atoms. The smallest absolute Gasteiger partial charge is 0.305 e. The predicted octanol–water partition coefficient (Wildman–Crippen LogP) is 2.16. The first-order chi connectivity index (χ1) is 9.16. The molecular formula is C13H13NO4S.